The Morgan fingerprint density at radius 1 is 1.38 bits per heavy atom. The molecule has 0 bridgehead atoms. The third-order valence-corrected chi connectivity index (χ3v) is 1.72. The first kappa shape index (κ1) is 9.25. The van der Waals surface area contributed by atoms with Crippen LogP contribution in [-0.2, 0) is 0 Å². The van der Waals surface area contributed by atoms with Crippen LogP contribution in [0.5, 0.6) is 0 Å². The van der Waals surface area contributed by atoms with E-state index in [1.54, 1.807) is 31.2 Å². The van der Waals surface area contributed by atoms with E-state index in [0.29, 0.717) is 5.57 Å². The minimum Gasteiger partial charge on any atom is -0.393 e. The van der Waals surface area contributed by atoms with Gasteiger partial charge in [-0.3, -0.25) is 10.1 Å². The Morgan fingerprint density at radius 2 is 2.08 bits per heavy atom. The molecule has 0 radical (unpaired) electrons. The zero-order valence-corrected chi connectivity index (χ0v) is 7.23. The van der Waals surface area contributed by atoms with E-state index in [2.05, 4.69) is 0 Å². The Hall–Kier alpha value is -1.84. The Morgan fingerprint density at radius 3 is 2.69 bits per heavy atom. The topological polar surface area (TPSA) is 69.2 Å². The number of allylic oxidation sites excluding steroid dienone is 6. The number of nitrogens with zero attached hydrogens (tertiary/aromatic N) is 1. The van der Waals surface area contributed by atoms with Gasteiger partial charge in [0.1, 0.15) is 5.70 Å². The molecule has 1 rings (SSSR count). The van der Waals surface area contributed by atoms with Crippen molar-refractivity contribution in [3.05, 3.63) is 57.5 Å². The summed E-state index contributed by atoms with van der Waals surface area (Å²) in [5.74, 6) is 0. The molecule has 0 saturated heterocycles. The second-order valence-electron chi connectivity index (χ2n) is 2.65. The first-order valence-corrected chi connectivity index (χ1v) is 3.79. The van der Waals surface area contributed by atoms with Crippen molar-refractivity contribution in [2.45, 2.75) is 6.92 Å². The predicted molar refractivity (Wildman–Crippen MR) is 50.2 cm³/mol. The third kappa shape index (κ3) is 2.05. The van der Waals surface area contributed by atoms with Gasteiger partial charge in [0.25, 0.3) is 5.70 Å². The van der Waals surface area contributed by atoms with Crippen molar-refractivity contribution < 1.29 is 4.92 Å². The number of rotatable bonds is 1. The first-order chi connectivity index (χ1) is 6.13. The molecule has 1 aliphatic carbocycles. The lowest BCUT2D eigenvalue weighted by molar-refractivity contribution is -0.420. The normalized spacial score (nSPS) is 31.0. The molecule has 0 aliphatic heterocycles. The van der Waals surface area contributed by atoms with Gasteiger partial charge >= 0.3 is 0 Å². The zero-order chi connectivity index (χ0) is 9.84. The van der Waals surface area contributed by atoms with Gasteiger partial charge in [-0.15, -0.1) is 0 Å². The van der Waals surface area contributed by atoms with Crippen molar-refractivity contribution in [3.63, 3.8) is 0 Å². The SMILES string of the molecule is CC1=C\C=C/C=C/C([N+](=O)[O-])=C\1N. The fraction of sp³-hybridized carbons (Fsp3) is 0.111. The van der Waals surface area contributed by atoms with E-state index in [-0.39, 0.29) is 11.4 Å². The molecule has 1 aliphatic rings. The second-order valence-corrected chi connectivity index (χ2v) is 2.65. The van der Waals surface area contributed by atoms with Crippen LogP contribution in [-0.4, -0.2) is 4.92 Å². The molecule has 4 heteroatoms. The average molecular weight is 178 g/mol. The number of hydrogen-bond donors (Lipinski definition) is 1. The second kappa shape index (κ2) is 3.71. The van der Waals surface area contributed by atoms with Gasteiger partial charge in [0.05, 0.1) is 4.92 Å². The zero-order valence-electron chi connectivity index (χ0n) is 7.23. The quantitative estimate of drug-likeness (QED) is 0.488. The predicted octanol–water partition coefficient (Wildman–Crippen LogP) is 1.51. The molecule has 0 heterocycles. The van der Waals surface area contributed by atoms with Crippen molar-refractivity contribution in [2.75, 3.05) is 0 Å². The summed E-state index contributed by atoms with van der Waals surface area (Å²) in [7, 11) is 0. The van der Waals surface area contributed by atoms with Gasteiger partial charge in [-0.2, -0.15) is 0 Å². The molecular formula is C9H10N2O2. The Labute approximate surface area is 75.9 Å². The minimum atomic E-state index is -0.484. The van der Waals surface area contributed by atoms with Crippen molar-refractivity contribution in [3.8, 4) is 0 Å². The van der Waals surface area contributed by atoms with Gasteiger partial charge < -0.3 is 5.73 Å². The summed E-state index contributed by atoms with van der Waals surface area (Å²) in [6.45, 7) is 1.74. The number of hydrogen-bond acceptors (Lipinski definition) is 3. The lowest BCUT2D eigenvalue weighted by Crippen LogP contribution is -2.09. The van der Waals surface area contributed by atoms with Crippen LogP contribution in [0.4, 0.5) is 0 Å². The van der Waals surface area contributed by atoms with Crippen molar-refractivity contribution in [2.24, 2.45) is 5.73 Å². The van der Waals surface area contributed by atoms with Crippen LogP contribution in [0, 0.1) is 10.1 Å². The molecule has 0 unspecified atom stereocenters. The highest BCUT2D eigenvalue weighted by atomic mass is 16.6. The molecule has 4 nitrogen and oxygen atoms in total. The first-order valence-electron chi connectivity index (χ1n) is 3.79. The van der Waals surface area contributed by atoms with E-state index < -0.39 is 4.92 Å². The van der Waals surface area contributed by atoms with Crippen LogP contribution in [0.25, 0.3) is 0 Å². The summed E-state index contributed by atoms with van der Waals surface area (Å²) in [5.41, 5.74) is 6.43. The molecule has 68 valence electrons. The molecule has 0 aromatic carbocycles. The van der Waals surface area contributed by atoms with E-state index >= 15 is 0 Å². The molecule has 0 atom stereocenters. The molecule has 0 fully saturated rings. The lowest BCUT2D eigenvalue weighted by atomic mass is 10.1. The van der Waals surface area contributed by atoms with Crippen molar-refractivity contribution >= 4 is 0 Å². The van der Waals surface area contributed by atoms with Gasteiger partial charge in [0.2, 0.25) is 0 Å². The minimum absolute atomic E-state index is 0.0573. The van der Waals surface area contributed by atoms with Gasteiger partial charge in [-0.25, -0.2) is 0 Å². The van der Waals surface area contributed by atoms with E-state index in [9.17, 15) is 10.1 Å². The Kier molecular flexibility index (Phi) is 2.64. The van der Waals surface area contributed by atoms with Crippen LogP contribution in [0.3, 0.4) is 0 Å². The highest BCUT2D eigenvalue weighted by molar-refractivity contribution is 5.38. The van der Waals surface area contributed by atoms with E-state index in [1.807, 2.05) is 0 Å². The van der Waals surface area contributed by atoms with Gasteiger partial charge in [0.15, 0.2) is 0 Å². The number of nitrogens with two attached hydrogens (primary N) is 1. The largest absolute Gasteiger partial charge is 0.393 e. The average Bonchev–Trinajstić information content (AvgIpc) is 2.06. The maximum atomic E-state index is 10.5. The summed E-state index contributed by atoms with van der Waals surface area (Å²) in [5, 5.41) is 10.5. The third-order valence-electron chi connectivity index (χ3n) is 1.72. The number of nitro groups is 1. The Balaban J connectivity index is 3.21. The van der Waals surface area contributed by atoms with Crippen LogP contribution in [0.1, 0.15) is 6.92 Å². The maximum absolute atomic E-state index is 10.5. The lowest BCUT2D eigenvalue weighted by Gasteiger charge is -2.01. The van der Waals surface area contributed by atoms with Gasteiger partial charge in [-0.1, -0.05) is 24.3 Å². The molecule has 0 aromatic heterocycles. The van der Waals surface area contributed by atoms with Crippen molar-refractivity contribution in [1.82, 2.24) is 0 Å². The van der Waals surface area contributed by atoms with Gasteiger partial charge in [-0.05, 0) is 12.5 Å². The fourth-order valence-corrected chi connectivity index (χ4v) is 0.952. The standard InChI is InChI=1S/C9H10N2O2/c1-7-5-3-2-4-6-8(9(7)10)11(12)13/h2-6H,10H2,1H3/b3-2-,4-2?,5-3?,6-4+,7-5+,8-6?,9-7?,9-8-. The molecule has 2 N–H and O–H groups in total. The molecule has 0 saturated carbocycles. The van der Waals surface area contributed by atoms with E-state index in [1.165, 1.54) is 6.08 Å². The van der Waals surface area contributed by atoms with Gasteiger partial charge in [0, 0.05) is 6.08 Å². The molecule has 0 amide bonds. The maximum Gasteiger partial charge on any atom is 0.292 e. The summed E-state index contributed by atoms with van der Waals surface area (Å²) in [6, 6.07) is 0. The monoisotopic (exact) mass is 178 g/mol. The smallest absolute Gasteiger partial charge is 0.292 e. The highest BCUT2D eigenvalue weighted by Crippen LogP contribution is 2.13. The summed E-state index contributed by atoms with van der Waals surface area (Å²) < 4.78 is 0. The molecule has 0 spiro atoms. The highest BCUT2D eigenvalue weighted by Gasteiger charge is 2.13. The molecular weight excluding hydrogens is 168 g/mol. The van der Waals surface area contributed by atoms with Crippen LogP contribution in [0.2, 0.25) is 0 Å². The fourth-order valence-electron chi connectivity index (χ4n) is 0.952. The van der Waals surface area contributed by atoms with Crippen LogP contribution in [0.15, 0.2) is 47.3 Å². The molecule has 0 aromatic rings. The summed E-state index contributed by atoms with van der Waals surface area (Å²) in [4.78, 5) is 10.1. The van der Waals surface area contributed by atoms with Crippen LogP contribution < -0.4 is 5.73 Å². The Bertz CT molecular complexity index is 349. The van der Waals surface area contributed by atoms with Crippen molar-refractivity contribution in [1.29, 1.82) is 0 Å². The van der Waals surface area contributed by atoms with E-state index in [4.69, 9.17) is 5.73 Å². The van der Waals surface area contributed by atoms with Crippen LogP contribution >= 0.6 is 0 Å². The van der Waals surface area contributed by atoms with E-state index in [0.717, 1.165) is 0 Å². The summed E-state index contributed by atoms with van der Waals surface area (Å²) in [6.07, 6.45) is 8.23. The summed E-state index contributed by atoms with van der Waals surface area (Å²) >= 11 is 0. The molecule has 13 heavy (non-hydrogen) atoms.